The number of thiophene rings is 1. The third kappa shape index (κ3) is 8.12. The summed E-state index contributed by atoms with van der Waals surface area (Å²) in [6.45, 7) is 5.80. The highest BCUT2D eigenvalue weighted by atomic mass is 32.2. The highest BCUT2D eigenvalue weighted by molar-refractivity contribution is 7.88. The van der Waals surface area contributed by atoms with Crippen LogP contribution in [0.25, 0.3) is 0 Å². The molecule has 0 bridgehead atoms. The second kappa shape index (κ2) is 14.2. The van der Waals surface area contributed by atoms with E-state index in [1.807, 2.05) is 69.3 Å². The SMILES string of the molecule is Cc1ccc(C(C)NC(=O)C2=CC(N(C)S(C)(=O)=O)=CC(C(N)=O)([C@H](Cc3ccccc3)[C@@H](O)CNC(C)c3ccco3)C2)s1. The first-order chi connectivity index (χ1) is 21.2. The minimum Gasteiger partial charge on any atom is -0.468 e. The van der Waals surface area contributed by atoms with Gasteiger partial charge in [-0.25, -0.2) is 8.42 Å². The van der Waals surface area contributed by atoms with Gasteiger partial charge in [0, 0.05) is 40.5 Å². The number of nitrogens with zero attached hydrogens (tertiary/aromatic N) is 1. The summed E-state index contributed by atoms with van der Waals surface area (Å²) in [7, 11) is -2.43. The van der Waals surface area contributed by atoms with Gasteiger partial charge in [0.1, 0.15) is 5.76 Å². The van der Waals surface area contributed by atoms with Crippen molar-refractivity contribution in [2.24, 2.45) is 17.1 Å². The maximum atomic E-state index is 13.8. The minimum atomic E-state index is -3.79. The molecule has 5 atom stereocenters. The number of primary amides is 1. The van der Waals surface area contributed by atoms with Crippen molar-refractivity contribution in [1.82, 2.24) is 14.9 Å². The van der Waals surface area contributed by atoms with Gasteiger partial charge in [0.2, 0.25) is 21.8 Å². The number of benzene rings is 1. The maximum Gasteiger partial charge on any atom is 0.247 e. The van der Waals surface area contributed by atoms with Crippen LogP contribution in [0.5, 0.6) is 0 Å². The molecule has 0 saturated carbocycles. The van der Waals surface area contributed by atoms with Crippen molar-refractivity contribution in [2.45, 2.75) is 51.8 Å². The van der Waals surface area contributed by atoms with Gasteiger partial charge in [0.25, 0.3) is 0 Å². The van der Waals surface area contributed by atoms with Crippen LogP contribution >= 0.6 is 11.3 Å². The van der Waals surface area contributed by atoms with Crippen LogP contribution in [-0.2, 0) is 26.0 Å². The monoisotopic (exact) mass is 654 g/mol. The number of rotatable bonds is 14. The normalized spacial score (nSPS) is 19.5. The fourth-order valence-corrected chi connectivity index (χ4v) is 7.02. The largest absolute Gasteiger partial charge is 0.468 e. The number of nitrogens with one attached hydrogen (secondary N) is 2. The summed E-state index contributed by atoms with van der Waals surface area (Å²) in [5.41, 5.74) is 5.73. The van der Waals surface area contributed by atoms with Crippen LogP contribution in [0.1, 0.15) is 53.4 Å². The topological polar surface area (TPSA) is 155 Å². The maximum absolute atomic E-state index is 13.8. The van der Waals surface area contributed by atoms with Gasteiger partial charge in [-0.15, -0.1) is 11.3 Å². The molecule has 1 aliphatic rings. The number of sulfonamides is 1. The van der Waals surface area contributed by atoms with Crippen molar-refractivity contribution in [3.63, 3.8) is 0 Å². The Kier molecular flexibility index (Phi) is 10.7. The van der Waals surface area contributed by atoms with Crippen molar-refractivity contribution in [3.8, 4) is 0 Å². The molecule has 2 amide bonds. The molecule has 3 unspecified atom stereocenters. The number of carbonyl (C=O) groups is 2. The number of aryl methyl sites for hydroxylation is 1. The van der Waals surface area contributed by atoms with Gasteiger partial charge in [0.05, 0.1) is 36.1 Å². The van der Waals surface area contributed by atoms with E-state index >= 15 is 0 Å². The van der Waals surface area contributed by atoms with Crippen LogP contribution in [-0.4, -0.2) is 55.6 Å². The van der Waals surface area contributed by atoms with Crippen LogP contribution in [0.4, 0.5) is 0 Å². The summed E-state index contributed by atoms with van der Waals surface area (Å²) < 4.78 is 31.9. The number of aliphatic hydroxyl groups is 1. The summed E-state index contributed by atoms with van der Waals surface area (Å²) in [6, 6.07) is 16.3. The standard InChI is InChI=1S/C33H42N4O6S2/c1-21-13-14-30(44-21)23(3)36-31(39)25-17-26(37(4)45(5,41)42)19-33(18-25,32(34)40)27(16-24-10-7-6-8-11-24)28(38)20-35-22(2)29-12-9-15-43-29/h6-15,17,19,22-23,27-28,35,38H,16,18,20H2,1-5H3,(H2,34,40)(H,36,39)/t22?,23?,27-,28+,33?/m1/s1. The lowest BCUT2D eigenvalue weighted by Crippen LogP contribution is -2.52. The Morgan fingerprint density at radius 2 is 1.82 bits per heavy atom. The molecule has 10 nitrogen and oxygen atoms in total. The number of likely N-dealkylation sites (N-methyl/N-ethyl adjacent to an activating group) is 1. The summed E-state index contributed by atoms with van der Waals surface area (Å²) >= 11 is 1.56. The van der Waals surface area contributed by atoms with Crippen LogP contribution in [0.3, 0.4) is 0 Å². The molecule has 5 N–H and O–H groups in total. The zero-order chi connectivity index (χ0) is 32.9. The molecule has 242 valence electrons. The van der Waals surface area contributed by atoms with E-state index in [0.717, 1.165) is 25.9 Å². The second-order valence-corrected chi connectivity index (χ2v) is 15.0. The summed E-state index contributed by atoms with van der Waals surface area (Å²) in [6.07, 6.45) is 4.56. The van der Waals surface area contributed by atoms with E-state index in [0.29, 0.717) is 5.76 Å². The number of hydrogen-bond donors (Lipinski definition) is 4. The molecule has 2 heterocycles. The summed E-state index contributed by atoms with van der Waals surface area (Å²) in [5, 5.41) is 18.1. The van der Waals surface area contributed by atoms with Gasteiger partial charge >= 0.3 is 0 Å². The van der Waals surface area contributed by atoms with Crippen LogP contribution < -0.4 is 16.4 Å². The fraction of sp³-hybridized carbons (Fsp3) is 0.394. The van der Waals surface area contributed by atoms with E-state index < -0.39 is 39.3 Å². The number of amides is 2. The van der Waals surface area contributed by atoms with Crippen LogP contribution in [0.15, 0.2) is 88.7 Å². The Morgan fingerprint density at radius 1 is 1.11 bits per heavy atom. The Morgan fingerprint density at radius 3 is 2.40 bits per heavy atom. The zero-order valence-electron chi connectivity index (χ0n) is 26.2. The van der Waals surface area contributed by atoms with Gasteiger partial charge < -0.3 is 25.9 Å². The van der Waals surface area contributed by atoms with E-state index in [1.54, 1.807) is 23.7 Å². The van der Waals surface area contributed by atoms with Gasteiger partial charge in [0.15, 0.2) is 0 Å². The molecule has 45 heavy (non-hydrogen) atoms. The third-order valence-electron chi connectivity index (χ3n) is 8.39. The average Bonchev–Trinajstić information content (AvgIpc) is 3.70. The Balaban J connectivity index is 1.76. The second-order valence-electron chi connectivity index (χ2n) is 11.7. The molecule has 12 heteroatoms. The summed E-state index contributed by atoms with van der Waals surface area (Å²) in [5.74, 6) is -1.39. The van der Waals surface area contributed by atoms with Gasteiger partial charge in [-0.2, -0.15) is 0 Å². The van der Waals surface area contributed by atoms with E-state index in [2.05, 4.69) is 10.6 Å². The molecule has 3 aromatic rings. The van der Waals surface area contributed by atoms with Gasteiger partial charge in [-0.05, 0) is 75.6 Å². The number of furan rings is 1. The smallest absolute Gasteiger partial charge is 0.247 e. The molecular weight excluding hydrogens is 613 g/mol. The molecule has 0 aliphatic heterocycles. The Labute approximate surface area is 269 Å². The first-order valence-electron chi connectivity index (χ1n) is 14.7. The van der Waals surface area contributed by atoms with Crippen molar-refractivity contribution in [2.75, 3.05) is 19.8 Å². The van der Waals surface area contributed by atoms with E-state index in [1.165, 1.54) is 19.2 Å². The zero-order valence-corrected chi connectivity index (χ0v) is 27.8. The lowest BCUT2D eigenvalue weighted by molar-refractivity contribution is -0.131. The highest BCUT2D eigenvalue weighted by Crippen LogP contribution is 2.45. The molecule has 0 radical (unpaired) electrons. The van der Waals surface area contributed by atoms with Crippen LogP contribution in [0.2, 0.25) is 0 Å². The van der Waals surface area contributed by atoms with Gasteiger partial charge in [-0.1, -0.05) is 30.3 Å². The fourth-order valence-electron chi connectivity index (χ4n) is 5.65. The van der Waals surface area contributed by atoms with E-state index in [4.69, 9.17) is 10.2 Å². The number of hydrogen-bond acceptors (Lipinski definition) is 8. The van der Waals surface area contributed by atoms with Crippen molar-refractivity contribution >= 4 is 33.2 Å². The summed E-state index contributed by atoms with van der Waals surface area (Å²) in [4.78, 5) is 29.5. The average molecular weight is 655 g/mol. The third-order valence-corrected chi connectivity index (χ3v) is 10.8. The molecule has 0 fully saturated rings. The quantitative estimate of drug-likeness (QED) is 0.205. The van der Waals surface area contributed by atoms with Crippen molar-refractivity contribution < 1.29 is 27.5 Å². The Hall–Kier alpha value is -3.71. The first kappa shape index (κ1) is 34.2. The molecule has 1 aromatic carbocycles. The predicted octanol–water partition coefficient (Wildman–Crippen LogP) is 3.97. The Bertz CT molecular complexity index is 1650. The molecular formula is C33H42N4O6S2. The lowest BCUT2D eigenvalue weighted by Gasteiger charge is -2.42. The number of aliphatic hydroxyl groups excluding tert-OH is 1. The molecule has 2 aromatic heterocycles. The molecule has 0 spiro atoms. The predicted molar refractivity (Wildman–Crippen MR) is 175 cm³/mol. The van der Waals surface area contributed by atoms with Crippen molar-refractivity contribution in [1.29, 1.82) is 0 Å². The van der Waals surface area contributed by atoms with Gasteiger partial charge in [-0.3, -0.25) is 13.9 Å². The van der Waals surface area contributed by atoms with E-state index in [9.17, 15) is 23.1 Å². The van der Waals surface area contributed by atoms with Crippen molar-refractivity contribution in [3.05, 3.63) is 105 Å². The number of allylic oxidation sites excluding steroid dienone is 1. The molecule has 0 saturated heterocycles. The minimum absolute atomic E-state index is 0.0689. The lowest BCUT2D eigenvalue weighted by atomic mass is 9.63. The number of nitrogens with two attached hydrogens (primary N) is 1. The number of carbonyl (C=O) groups excluding carboxylic acids is 2. The molecule has 1 aliphatic carbocycles. The van der Waals surface area contributed by atoms with E-state index in [-0.39, 0.29) is 42.7 Å². The highest BCUT2D eigenvalue weighted by Gasteiger charge is 2.49. The van der Waals surface area contributed by atoms with Crippen LogP contribution in [0, 0.1) is 18.3 Å². The molecule has 4 rings (SSSR count). The first-order valence-corrected chi connectivity index (χ1v) is 17.4.